The molecule has 0 fully saturated rings. The number of nitrogens with one attached hydrogen (secondary N) is 1. The predicted octanol–water partition coefficient (Wildman–Crippen LogP) is 3.46. The van der Waals surface area contributed by atoms with Crippen LogP contribution in [0.1, 0.15) is 20.7 Å². The second-order valence-corrected chi connectivity index (χ2v) is 8.96. The topological polar surface area (TPSA) is 73.1 Å². The molecule has 6 nitrogen and oxygen atoms in total. The third-order valence-electron chi connectivity index (χ3n) is 6.14. The van der Waals surface area contributed by atoms with Gasteiger partial charge >= 0.3 is 0 Å². The summed E-state index contributed by atoms with van der Waals surface area (Å²) in [6.07, 6.45) is 0. The van der Waals surface area contributed by atoms with Crippen LogP contribution >= 0.6 is 0 Å². The summed E-state index contributed by atoms with van der Waals surface area (Å²) in [5, 5.41) is 5.86. The molecule has 4 heterocycles. The Kier molecular flexibility index (Phi) is 2.63. The minimum atomic E-state index is -1.14. The third-order valence-corrected chi connectivity index (χ3v) is 7.24. The number of hydrogen-bond acceptors (Lipinski definition) is 3. The molecule has 0 spiro atoms. The molecule has 0 aliphatic carbocycles. The van der Waals surface area contributed by atoms with E-state index in [1.54, 1.807) is 0 Å². The van der Waals surface area contributed by atoms with Gasteiger partial charge in [0.05, 0.1) is 44.0 Å². The number of hydrogen-bond donors (Lipinski definition) is 1. The maximum atomic E-state index is 13.0. The first-order valence-electron chi connectivity index (χ1n) is 9.33. The zero-order valence-corrected chi connectivity index (χ0v) is 15.9. The molecular formula is C22H13N3O3S. The fourth-order valence-electron chi connectivity index (χ4n) is 5.13. The molecule has 2 aliphatic heterocycles. The molecule has 29 heavy (non-hydrogen) atoms. The Labute approximate surface area is 166 Å². The molecule has 0 bridgehead atoms. The van der Waals surface area contributed by atoms with E-state index in [9.17, 15) is 13.8 Å². The molecule has 0 atom stereocenters. The van der Waals surface area contributed by atoms with Gasteiger partial charge in [-0.2, -0.15) is 0 Å². The second kappa shape index (κ2) is 4.93. The average molecular weight is 399 g/mol. The van der Waals surface area contributed by atoms with Gasteiger partial charge in [-0.05, 0) is 12.1 Å². The molecule has 1 N–H and O–H groups in total. The number of fused-ring (bicyclic) bond motifs is 9. The molecule has 0 radical (unpaired) electrons. The predicted molar refractivity (Wildman–Crippen MR) is 112 cm³/mol. The number of imide groups is 1. The first-order chi connectivity index (χ1) is 14.1. The van der Waals surface area contributed by atoms with E-state index in [2.05, 4.69) is 14.5 Å². The summed E-state index contributed by atoms with van der Waals surface area (Å²) in [7, 11) is -1.14. The Morgan fingerprint density at radius 2 is 1.17 bits per heavy atom. The van der Waals surface area contributed by atoms with Gasteiger partial charge in [0.2, 0.25) is 0 Å². The number of nitrogens with zero attached hydrogens (tertiary/aromatic N) is 2. The quantitative estimate of drug-likeness (QED) is 0.405. The van der Waals surface area contributed by atoms with Crippen LogP contribution in [-0.4, -0.2) is 25.2 Å². The van der Waals surface area contributed by atoms with Crippen LogP contribution in [0.4, 0.5) is 0 Å². The monoisotopic (exact) mass is 399 g/mol. The van der Waals surface area contributed by atoms with Gasteiger partial charge in [-0.3, -0.25) is 19.1 Å². The molecule has 0 saturated carbocycles. The smallest absolute Gasteiger partial charge is 0.259 e. The number of carbonyl (C=O) groups is 2. The zero-order valence-electron chi connectivity index (χ0n) is 15.1. The molecule has 7 heteroatoms. The number of para-hydroxylation sites is 2. The average Bonchev–Trinajstić information content (AvgIpc) is 3.27. The summed E-state index contributed by atoms with van der Waals surface area (Å²) in [5.41, 5.74) is 4.48. The lowest BCUT2D eigenvalue weighted by molar-refractivity contribution is 0.0880. The standard InChI is InChI=1S/C22H13N3O3S/c26-21-17-15-11-5-1-3-7-13(11)24-9-29(28)10-25-14-8-4-2-6-12(14)16(20(25)19(15)24)18(17)22(27)23-21/h1-8H,9-10H2,(H,23,26,27). The first kappa shape index (κ1) is 15.5. The lowest BCUT2D eigenvalue weighted by Crippen LogP contribution is -2.20. The summed E-state index contributed by atoms with van der Waals surface area (Å²) in [6, 6.07) is 15.6. The van der Waals surface area contributed by atoms with E-state index in [0.29, 0.717) is 22.9 Å². The normalized spacial score (nSPS) is 16.4. The maximum Gasteiger partial charge on any atom is 0.259 e. The highest BCUT2D eigenvalue weighted by Crippen LogP contribution is 2.45. The van der Waals surface area contributed by atoms with Crippen LogP contribution in [0, 0.1) is 0 Å². The molecule has 7 rings (SSSR count). The Morgan fingerprint density at radius 1 is 0.724 bits per heavy atom. The summed E-state index contributed by atoms with van der Waals surface area (Å²) in [5.74, 6) is -0.0264. The zero-order chi connectivity index (χ0) is 19.4. The van der Waals surface area contributed by atoms with E-state index in [4.69, 9.17) is 0 Å². The highest BCUT2D eigenvalue weighted by molar-refractivity contribution is 7.83. The lowest BCUT2D eigenvalue weighted by Gasteiger charge is -2.06. The van der Waals surface area contributed by atoms with Crippen molar-refractivity contribution in [1.82, 2.24) is 14.5 Å². The largest absolute Gasteiger partial charge is 0.326 e. The number of amides is 2. The minimum Gasteiger partial charge on any atom is -0.326 e. The summed E-state index contributed by atoms with van der Waals surface area (Å²) >= 11 is 0. The number of carbonyl (C=O) groups excluding carboxylic acids is 2. The van der Waals surface area contributed by atoms with Crippen molar-refractivity contribution < 1.29 is 13.8 Å². The molecule has 140 valence electrons. The molecule has 2 aromatic heterocycles. The van der Waals surface area contributed by atoms with Crippen LogP contribution in [0.25, 0.3) is 43.6 Å². The van der Waals surface area contributed by atoms with Gasteiger partial charge in [-0.1, -0.05) is 36.4 Å². The summed E-state index contributed by atoms with van der Waals surface area (Å²) in [6.45, 7) is 0. The molecule has 2 aliphatic rings. The van der Waals surface area contributed by atoms with E-state index in [1.807, 2.05) is 48.5 Å². The van der Waals surface area contributed by atoms with Gasteiger partial charge in [-0.25, -0.2) is 0 Å². The van der Waals surface area contributed by atoms with Crippen LogP contribution in [-0.2, 0) is 22.6 Å². The van der Waals surface area contributed by atoms with Crippen LogP contribution in [0.5, 0.6) is 0 Å². The SMILES string of the molecule is O=C1NC(=O)c2c1c1c3ccccc3n3c1c1c2c2ccccc2n1CS(=O)C3. The number of aromatic nitrogens is 2. The van der Waals surface area contributed by atoms with Crippen molar-refractivity contribution in [2.24, 2.45) is 0 Å². The highest BCUT2D eigenvalue weighted by atomic mass is 32.2. The number of rotatable bonds is 0. The van der Waals surface area contributed by atoms with Crippen molar-refractivity contribution in [2.45, 2.75) is 11.8 Å². The third kappa shape index (κ3) is 1.67. The van der Waals surface area contributed by atoms with Crippen LogP contribution < -0.4 is 5.32 Å². The van der Waals surface area contributed by atoms with E-state index in [-0.39, 0.29) is 11.8 Å². The summed E-state index contributed by atoms with van der Waals surface area (Å²) in [4.78, 5) is 25.8. The van der Waals surface area contributed by atoms with E-state index < -0.39 is 10.8 Å². The van der Waals surface area contributed by atoms with Crippen molar-refractivity contribution in [3.8, 4) is 0 Å². The van der Waals surface area contributed by atoms with Crippen molar-refractivity contribution in [2.75, 3.05) is 0 Å². The Hall–Kier alpha value is -3.45. The van der Waals surface area contributed by atoms with Gasteiger partial charge in [0.25, 0.3) is 11.8 Å². The van der Waals surface area contributed by atoms with E-state index in [0.717, 1.165) is 43.6 Å². The van der Waals surface area contributed by atoms with Gasteiger partial charge in [0, 0.05) is 21.5 Å². The van der Waals surface area contributed by atoms with Gasteiger partial charge in [0.15, 0.2) is 0 Å². The Bertz CT molecular complexity index is 1520. The molecule has 2 amide bonds. The summed E-state index contributed by atoms with van der Waals surface area (Å²) < 4.78 is 17.1. The number of benzene rings is 3. The first-order valence-corrected chi connectivity index (χ1v) is 10.8. The van der Waals surface area contributed by atoms with Gasteiger partial charge < -0.3 is 9.13 Å². The molecule has 0 saturated heterocycles. The highest BCUT2D eigenvalue weighted by Gasteiger charge is 2.37. The fourth-order valence-corrected chi connectivity index (χ4v) is 6.33. The van der Waals surface area contributed by atoms with Gasteiger partial charge in [-0.15, -0.1) is 0 Å². The van der Waals surface area contributed by atoms with Crippen LogP contribution in [0.2, 0.25) is 0 Å². The lowest BCUT2D eigenvalue weighted by atomic mass is 9.97. The van der Waals surface area contributed by atoms with Crippen LogP contribution in [0.3, 0.4) is 0 Å². The molecule has 3 aromatic carbocycles. The van der Waals surface area contributed by atoms with E-state index in [1.165, 1.54) is 0 Å². The Balaban J connectivity index is 1.95. The molecular weight excluding hydrogens is 386 g/mol. The van der Waals surface area contributed by atoms with Crippen molar-refractivity contribution >= 4 is 66.2 Å². The Morgan fingerprint density at radius 3 is 1.66 bits per heavy atom. The van der Waals surface area contributed by atoms with Crippen molar-refractivity contribution in [3.05, 3.63) is 59.7 Å². The maximum absolute atomic E-state index is 13.0. The van der Waals surface area contributed by atoms with Crippen LogP contribution in [0.15, 0.2) is 48.5 Å². The second-order valence-electron chi connectivity index (χ2n) is 7.57. The fraction of sp³-hybridized carbons (Fsp3) is 0.0909. The molecule has 5 aromatic rings. The minimum absolute atomic E-state index is 0.351. The van der Waals surface area contributed by atoms with E-state index >= 15 is 0 Å². The van der Waals surface area contributed by atoms with Gasteiger partial charge in [0.1, 0.15) is 11.8 Å². The van der Waals surface area contributed by atoms with Crippen molar-refractivity contribution in [3.63, 3.8) is 0 Å². The van der Waals surface area contributed by atoms with Crippen molar-refractivity contribution in [1.29, 1.82) is 0 Å². The molecule has 0 unspecified atom stereocenters.